The molecule has 0 spiro atoms. The number of nitrogens with one attached hydrogen (secondary N) is 1. The van der Waals surface area contributed by atoms with Crippen LogP contribution in [0, 0.1) is 0 Å². The molecule has 2 amide bonds. The van der Waals surface area contributed by atoms with E-state index in [0.717, 1.165) is 12.8 Å². The SMILES string of the molecule is CCCCCCCCCCCCCCn1nnc(N(C(=O)Nc2c(OC)cc(OC)cc2OC)c2ccccc2)n1. The minimum absolute atomic E-state index is 0.180. The highest BCUT2D eigenvalue weighted by Crippen LogP contribution is 2.39. The summed E-state index contributed by atoms with van der Waals surface area (Å²) in [7, 11) is 4.58. The van der Waals surface area contributed by atoms with Crippen LogP contribution in [0.25, 0.3) is 0 Å². The van der Waals surface area contributed by atoms with Gasteiger partial charge in [0.15, 0.2) is 0 Å². The van der Waals surface area contributed by atoms with Gasteiger partial charge in [0.1, 0.15) is 22.9 Å². The third kappa shape index (κ3) is 9.95. The molecule has 0 fully saturated rings. The number of methoxy groups -OCH3 is 3. The van der Waals surface area contributed by atoms with Crippen LogP contribution in [0.5, 0.6) is 17.2 Å². The maximum atomic E-state index is 13.6. The van der Waals surface area contributed by atoms with Crippen molar-refractivity contribution in [1.82, 2.24) is 20.2 Å². The van der Waals surface area contributed by atoms with Crippen molar-refractivity contribution in [3.63, 3.8) is 0 Å². The molecular formula is C31H46N6O4. The first kappa shape index (κ1) is 31.7. The van der Waals surface area contributed by atoms with Crippen molar-refractivity contribution in [3.8, 4) is 17.2 Å². The molecule has 0 radical (unpaired) electrons. The second kappa shape index (κ2) is 17.8. The Hall–Kier alpha value is -3.82. The minimum atomic E-state index is -0.483. The fourth-order valence-electron chi connectivity index (χ4n) is 4.71. The van der Waals surface area contributed by atoms with Gasteiger partial charge >= 0.3 is 6.03 Å². The van der Waals surface area contributed by atoms with Gasteiger partial charge in [-0.1, -0.05) is 101 Å². The van der Waals surface area contributed by atoms with Gasteiger partial charge in [-0.3, -0.25) is 0 Å². The third-order valence-corrected chi connectivity index (χ3v) is 7.02. The molecule has 10 nitrogen and oxygen atoms in total. The van der Waals surface area contributed by atoms with E-state index >= 15 is 0 Å². The number of aromatic nitrogens is 4. The van der Waals surface area contributed by atoms with Gasteiger partial charge < -0.3 is 19.5 Å². The average molecular weight is 567 g/mol. The molecule has 0 aliphatic rings. The van der Waals surface area contributed by atoms with Gasteiger partial charge in [0, 0.05) is 12.1 Å². The van der Waals surface area contributed by atoms with Crippen LogP contribution in [0.15, 0.2) is 42.5 Å². The lowest BCUT2D eigenvalue weighted by Crippen LogP contribution is -2.32. The zero-order valence-corrected chi connectivity index (χ0v) is 25.1. The summed E-state index contributed by atoms with van der Waals surface area (Å²) in [6.45, 7) is 2.91. The van der Waals surface area contributed by atoms with Crippen LogP contribution in [0.3, 0.4) is 0 Å². The molecule has 2 aromatic carbocycles. The molecule has 0 aliphatic carbocycles. The molecule has 0 bridgehead atoms. The second-order valence-electron chi connectivity index (χ2n) is 10.1. The molecule has 1 N–H and O–H groups in total. The highest BCUT2D eigenvalue weighted by atomic mass is 16.5. The number of carbonyl (C=O) groups excluding carboxylic acids is 1. The number of aryl methyl sites for hydroxylation is 1. The first-order valence-electron chi connectivity index (χ1n) is 14.8. The third-order valence-electron chi connectivity index (χ3n) is 7.02. The van der Waals surface area contributed by atoms with E-state index in [1.54, 1.807) is 24.0 Å². The number of anilines is 3. The summed E-state index contributed by atoms with van der Waals surface area (Å²) in [5.41, 5.74) is 0.965. The summed E-state index contributed by atoms with van der Waals surface area (Å²) in [4.78, 5) is 16.6. The summed E-state index contributed by atoms with van der Waals surface area (Å²) in [6, 6.07) is 12.1. The molecular weight excluding hydrogens is 520 g/mol. The van der Waals surface area contributed by atoms with Crippen LogP contribution in [0.1, 0.15) is 84.0 Å². The zero-order valence-electron chi connectivity index (χ0n) is 25.1. The Morgan fingerprint density at radius 1 is 0.805 bits per heavy atom. The van der Waals surface area contributed by atoms with Crippen LogP contribution in [0.2, 0.25) is 0 Å². The van der Waals surface area contributed by atoms with Gasteiger partial charge in [0.05, 0.1) is 33.6 Å². The van der Waals surface area contributed by atoms with Gasteiger partial charge in [-0.2, -0.15) is 4.80 Å². The van der Waals surface area contributed by atoms with E-state index in [1.165, 1.54) is 83.3 Å². The maximum Gasteiger partial charge on any atom is 0.333 e. The van der Waals surface area contributed by atoms with Crippen LogP contribution in [-0.2, 0) is 6.54 Å². The van der Waals surface area contributed by atoms with E-state index < -0.39 is 6.03 Å². The minimum Gasteiger partial charge on any atom is -0.496 e. The van der Waals surface area contributed by atoms with Crippen molar-refractivity contribution < 1.29 is 19.0 Å². The molecule has 0 aliphatic heterocycles. The highest BCUT2D eigenvalue weighted by Gasteiger charge is 2.25. The van der Waals surface area contributed by atoms with Crippen molar-refractivity contribution in [2.24, 2.45) is 0 Å². The number of hydrogen-bond acceptors (Lipinski definition) is 7. The lowest BCUT2D eigenvalue weighted by molar-refractivity contribution is 0.258. The lowest BCUT2D eigenvalue weighted by atomic mass is 10.1. The zero-order chi connectivity index (χ0) is 29.3. The number of unbranched alkanes of at least 4 members (excludes halogenated alkanes) is 11. The number of carbonyl (C=O) groups is 1. The number of hydrogen-bond donors (Lipinski definition) is 1. The summed E-state index contributed by atoms with van der Waals surface area (Å²) in [5, 5.41) is 15.9. The molecule has 0 saturated carbocycles. The molecule has 3 aromatic rings. The standard InChI is InChI=1S/C31H46N6O4/c1-5-6-7-8-9-10-11-12-13-14-15-19-22-36-34-30(33-35-36)37(25-20-17-16-18-21-25)31(38)32-29-27(40-3)23-26(39-2)24-28(29)41-4/h16-18,20-21,23-24H,5-15,19,22H2,1-4H3,(H,32,38). The van der Waals surface area contributed by atoms with Gasteiger partial charge in [-0.05, 0) is 23.8 Å². The van der Waals surface area contributed by atoms with E-state index in [2.05, 4.69) is 27.7 Å². The van der Waals surface area contributed by atoms with Crippen LogP contribution in [-0.4, -0.2) is 47.6 Å². The van der Waals surface area contributed by atoms with E-state index in [4.69, 9.17) is 14.2 Å². The second-order valence-corrected chi connectivity index (χ2v) is 10.1. The largest absolute Gasteiger partial charge is 0.496 e. The summed E-state index contributed by atoms with van der Waals surface area (Å²) < 4.78 is 16.3. The molecule has 0 atom stereocenters. The van der Waals surface area contributed by atoms with Crippen molar-refractivity contribution in [3.05, 3.63) is 42.5 Å². The number of tetrazole rings is 1. The summed E-state index contributed by atoms with van der Waals surface area (Å²) in [6.07, 6.45) is 15.4. The molecule has 0 unspecified atom stereocenters. The van der Waals surface area contributed by atoms with Crippen molar-refractivity contribution >= 4 is 23.4 Å². The van der Waals surface area contributed by atoms with Crippen molar-refractivity contribution in [2.75, 3.05) is 31.5 Å². The van der Waals surface area contributed by atoms with Crippen LogP contribution in [0.4, 0.5) is 22.1 Å². The van der Waals surface area contributed by atoms with Crippen LogP contribution >= 0.6 is 0 Å². The first-order chi connectivity index (χ1) is 20.1. The number of amides is 2. The number of ether oxygens (including phenoxy) is 3. The number of urea groups is 1. The molecule has 1 aromatic heterocycles. The fraction of sp³-hybridized carbons (Fsp3) is 0.548. The molecule has 1 heterocycles. The molecule has 3 rings (SSSR count). The number of para-hydroxylation sites is 1. The highest BCUT2D eigenvalue weighted by molar-refractivity contribution is 6.07. The fourth-order valence-corrected chi connectivity index (χ4v) is 4.71. The monoisotopic (exact) mass is 566 g/mol. The molecule has 41 heavy (non-hydrogen) atoms. The predicted octanol–water partition coefficient (Wildman–Crippen LogP) is 7.77. The average Bonchev–Trinajstić information content (AvgIpc) is 3.46. The topological polar surface area (TPSA) is 104 Å². The Morgan fingerprint density at radius 3 is 1.90 bits per heavy atom. The first-order valence-corrected chi connectivity index (χ1v) is 14.8. The van der Waals surface area contributed by atoms with Crippen molar-refractivity contribution in [1.29, 1.82) is 0 Å². The number of benzene rings is 2. The van der Waals surface area contributed by atoms with Crippen LogP contribution < -0.4 is 24.4 Å². The smallest absolute Gasteiger partial charge is 0.333 e. The Labute approximate surface area is 244 Å². The number of nitrogens with zero attached hydrogens (tertiary/aromatic N) is 5. The van der Waals surface area contributed by atoms with Gasteiger partial charge in [-0.25, -0.2) is 9.69 Å². The van der Waals surface area contributed by atoms with Gasteiger partial charge in [0.2, 0.25) is 0 Å². The van der Waals surface area contributed by atoms with E-state index in [0.29, 0.717) is 35.2 Å². The summed E-state index contributed by atoms with van der Waals surface area (Å²) in [5.74, 6) is 1.51. The molecule has 10 heteroatoms. The lowest BCUT2D eigenvalue weighted by Gasteiger charge is -2.21. The van der Waals surface area contributed by atoms with Gasteiger partial charge in [-0.15, -0.1) is 5.10 Å². The van der Waals surface area contributed by atoms with E-state index in [1.807, 2.05) is 30.3 Å². The normalized spacial score (nSPS) is 10.8. The molecule has 0 saturated heterocycles. The number of rotatable bonds is 19. The predicted molar refractivity (Wildman–Crippen MR) is 163 cm³/mol. The van der Waals surface area contributed by atoms with E-state index in [-0.39, 0.29) is 5.95 Å². The Kier molecular flexibility index (Phi) is 13.8. The van der Waals surface area contributed by atoms with E-state index in [9.17, 15) is 4.79 Å². The molecule has 224 valence electrons. The van der Waals surface area contributed by atoms with Gasteiger partial charge in [0.25, 0.3) is 5.95 Å². The Bertz CT molecular complexity index is 1150. The summed E-state index contributed by atoms with van der Waals surface area (Å²) >= 11 is 0. The van der Waals surface area contributed by atoms with Crippen molar-refractivity contribution in [2.45, 2.75) is 90.5 Å². The Morgan fingerprint density at radius 2 is 1.37 bits per heavy atom. The Balaban J connectivity index is 1.57. The maximum absolute atomic E-state index is 13.6. The quantitative estimate of drug-likeness (QED) is 0.148.